The summed E-state index contributed by atoms with van der Waals surface area (Å²) in [6, 6.07) is 0. The fraction of sp³-hybridized carbons (Fsp3) is 1.00. The minimum absolute atomic E-state index is 0.220. The van der Waals surface area contributed by atoms with Crippen molar-refractivity contribution in [2.24, 2.45) is 0 Å². The monoisotopic (exact) mass is 310 g/mol. The second-order valence-corrected chi connectivity index (χ2v) is 13.6. The molecule has 0 bridgehead atoms. The Morgan fingerprint density at radius 2 is 1.67 bits per heavy atom. The molecular weight excluding hydrogens is 302 g/mol. The molecule has 0 N–H and O–H groups in total. The number of hydrogen-bond acceptors (Lipinski definition) is 0. The Balaban J connectivity index is 2.18. The van der Waals surface area contributed by atoms with Crippen LogP contribution in [0.2, 0.25) is 0 Å². The summed E-state index contributed by atoms with van der Waals surface area (Å²) < 4.78 is 3.26. The molecule has 2 heteroatoms. The van der Waals surface area contributed by atoms with Gasteiger partial charge in [-0.05, 0) is 0 Å². The minimum atomic E-state index is -0.220. The zero-order valence-corrected chi connectivity index (χ0v) is 7.90. The van der Waals surface area contributed by atoms with E-state index in [2.05, 4.69) is 18.6 Å². The molecule has 0 atom stereocenters. The van der Waals surface area contributed by atoms with E-state index in [0.717, 1.165) is 0 Å². The van der Waals surface area contributed by atoms with Gasteiger partial charge in [-0.3, -0.25) is 0 Å². The SMILES string of the molecule is II1CCCC1. The molecule has 0 aromatic rings. The van der Waals surface area contributed by atoms with Crippen LogP contribution in [-0.4, -0.2) is 8.86 Å². The van der Waals surface area contributed by atoms with Gasteiger partial charge >= 0.3 is 56.2 Å². The summed E-state index contributed by atoms with van der Waals surface area (Å²) >= 11 is 2.47. The zero-order valence-electron chi connectivity index (χ0n) is 3.58. The molecule has 0 saturated carbocycles. The van der Waals surface area contributed by atoms with Crippen LogP contribution in [0.25, 0.3) is 0 Å². The van der Waals surface area contributed by atoms with E-state index < -0.39 is 0 Å². The molecule has 1 aliphatic rings. The predicted molar refractivity (Wildman–Crippen MR) is 47.0 cm³/mol. The van der Waals surface area contributed by atoms with Crippen LogP contribution in [0, 0.1) is 0 Å². The Hall–Kier alpha value is 1.46. The van der Waals surface area contributed by atoms with Gasteiger partial charge in [0.2, 0.25) is 0 Å². The molecule has 0 spiro atoms. The van der Waals surface area contributed by atoms with Gasteiger partial charge in [-0.25, -0.2) is 0 Å². The van der Waals surface area contributed by atoms with Crippen molar-refractivity contribution in [3.8, 4) is 0 Å². The Labute approximate surface area is 55.6 Å². The van der Waals surface area contributed by atoms with Crippen molar-refractivity contribution >= 4 is 34.5 Å². The van der Waals surface area contributed by atoms with E-state index in [1.165, 1.54) is 0 Å². The van der Waals surface area contributed by atoms with Gasteiger partial charge in [-0.1, -0.05) is 0 Å². The summed E-state index contributed by atoms with van der Waals surface area (Å²) in [5, 5.41) is 0. The fourth-order valence-corrected chi connectivity index (χ4v) is 7.72. The summed E-state index contributed by atoms with van der Waals surface area (Å²) in [6.07, 6.45) is 3.10. The first-order chi connectivity index (χ1) is 2.89. The van der Waals surface area contributed by atoms with Crippen LogP contribution in [-0.2, 0) is 0 Å². The van der Waals surface area contributed by atoms with Crippen LogP contribution in [0.15, 0.2) is 0 Å². The molecule has 0 aliphatic carbocycles. The molecule has 0 nitrogen and oxygen atoms in total. The Kier molecular flexibility index (Phi) is 2.51. The molecule has 6 heavy (non-hydrogen) atoms. The Morgan fingerprint density at radius 3 is 1.83 bits per heavy atom. The normalized spacial score (nSPS) is 28.5. The van der Waals surface area contributed by atoms with Crippen molar-refractivity contribution in [1.82, 2.24) is 0 Å². The molecule has 0 amide bonds. The van der Waals surface area contributed by atoms with Crippen LogP contribution in [0.3, 0.4) is 0 Å². The maximum atomic E-state index is 2.69. The van der Waals surface area contributed by atoms with Gasteiger partial charge in [0, 0.05) is 0 Å². The topological polar surface area (TPSA) is 0 Å². The van der Waals surface area contributed by atoms with E-state index in [9.17, 15) is 0 Å². The van der Waals surface area contributed by atoms with Crippen molar-refractivity contribution < 1.29 is 0 Å². The first-order valence-corrected chi connectivity index (χ1v) is 11.5. The van der Waals surface area contributed by atoms with Gasteiger partial charge in [0.15, 0.2) is 0 Å². The third-order valence-corrected chi connectivity index (χ3v) is 10.3. The molecule has 0 aromatic heterocycles. The summed E-state index contributed by atoms with van der Waals surface area (Å²) in [5.74, 6) is 0. The van der Waals surface area contributed by atoms with Crippen LogP contribution in [0.5, 0.6) is 0 Å². The standard InChI is InChI=1S/C4H8I2/c5-6-3-1-2-4-6/h1-4H2. The zero-order chi connectivity index (χ0) is 4.41. The number of alkyl halides is 2. The fourth-order valence-electron chi connectivity index (χ4n) is 0.573. The maximum absolute atomic E-state index is 2.69. The molecular formula is C4H8I2. The van der Waals surface area contributed by atoms with E-state index in [4.69, 9.17) is 0 Å². The van der Waals surface area contributed by atoms with E-state index in [1.54, 1.807) is 21.7 Å². The van der Waals surface area contributed by atoms with Crippen LogP contribution >= 0.6 is 34.5 Å². The molecule has 1 saturated heterocycles. The van der Waals surface area contributed by atoms with E-state index in [1.807, 2.05) is 0 Å². The molecule has 38 valence electrons. The third kappa shape index (κ3) is 1.52. The first-order valence-electron chi connectivity index (χ1n) is 2.18. The van der Waals surface area contributed by atoms with Gasteiger partial charge in [0.25, 0.3) is 0 Å². The predicted octanol–water partition coefficient (Wildman–Crippen LogP) is 2.64. The van der Waals surface area contributed by atoms with Crippen LogP contribution in [0.1, 0.15) is 12.8 Å². The molecule has 0 aromatic carbocycles. The van der Waals surface area contributed by atoms with E-state index in [-0.39, 0.29) is 15.8 Å². The van der Waals surface area contributed by atoms with Crippen molar-refractivity contribution in [3.05, 3.63) is 0 Å². The van der Waals surface area contributed by atoms with Crippen molar-refractivity contribution in [3.63, 3.8) is 0 Å². The molecule has 1 rings (SSSR count). The second-order valence-electron chi connectivity index (χ2n) is 1.48. The van der Waals surface area contributed by atoms with Crippen LogP contribution < -0.4 is 0 Å². The van der Waals surface area contributed by atoms with Gasteiger partial charge in [-0.15, -0.1) is 0 Å². The number of hydrogen-bond donors (Lipinski definition) is 0. The first kappa shape index (κ1) is 5.59. The second kappa shape index (κ2) is 2.69. The van der Waals surface area contributed by atoms with Gasteiger partial charge in [0.05, 0.1) is 0 Å². The average Bonchev–Trinajstić information content (AvgIpc) is 1.86. The molecule has 0 radical (unpaired) electrons. The van der Waals surface area contributed by atoms with Crippen molar-refractivity contribution in [2.75, 3.05) is 8.86 Å². The Bertz CT molecular complexity index is 38.8. The van der Waals surface area contributed by atoms with Gasteiger partial charge < -0.3 is 0 Å². The summed E-state index contributed by atoms with van der Waals surface area (Å²) in [4.78, 5) is 0. The molecule has 1 fully saturated rings. The number of halogens is 2. The third-order valence-electron chi connectivity index (χ3n) is 0.927. The van der Waals surface area contributed by atoms with Gasteiger partial charge in [-0.2, -0.15) is 0 Å². The molecule has 1 aliphatic heterocycles. The summed E-state index contributed by atoms with van der Waals surface area (Å²) in [5.41, 5.74) is 0. The molecule has 1 heterocycles. The van der Waals surface area contributed by atoms with Crippen molar-refractivity contribution in [2.45, 2.75) is 12.8 Å². The van der Waals surface area contributed by atoms with E-state index in [0.29, 0.717) is 0 Å². The summed E-state index contributed by atoms with van der Waals surface area (Å²) in [7, 11) is 0. The Morgan fingerprint density at radius 1 is 1.17 bits per heavy atom. The molecule has 0 unspecified atom stereocenters. The van der Waals surface area contributed by atoms with E-state index >= 15 is 0 Å². The van der Waals surface area contributed by atoms with Crippen LogP contribution in [0.4, 0.5) is 0 Å². The van der Waals surface area contributed by atoms with Crippen molar-refractivity contribution in [1.29, 1.82) is 0 Å². The average molecular weight is 310 g/mol. The number of rotatable bonds is 0. The van der Waals surface area contributed by atoms with Gasteiger partial charge in [0.1, 0.15) is 0 Å². The summed E-state index contributed by atoms with van der Waals surface area (Å²) in [6.45, 7) is 0. The quantitative estimate of drug-likeness (QED) is 0.477.